The molecule has 0 radical (unpaired) electrons. The molecule has 1 unspecified atom stereocenters. The Morgan fingerprint density at radius 2 is 2.14 bits per heavy atom. The van der Waals surface area contributed by atoms with Crippen LogP contribution in [-0.2, 0) is 6.54 Å². The molecule has 1 N–H and O–H groups in total. The van der Waals surface area contributed by atoms with Gasteiger partial charge in [0.25, 0.3) is 0 Å². The largest absolute Gasteiger partial charge is 0.493 e. The summed E-state index contributed by atoms with van der Waals surface area (Å²) in [4.78, 5) is 2.51. The molecule has 4 nitrogen and oxygen atoms in total. The standard InChI is InChI=1S/C17H25ClN2O2/c1-21-15-9-14(18)8-13(16(15)22-2)10-20-7-5-17(12-20)4-3-6-19-11-17/h8-9,19H,3-7,10-12H2,1-2H3. The summed E-state index contributed by atoms with van der Waals surface area (Å²) in [5.74, 6) is 1.51. The maximum absolute atomic E-state index is 6.22. The normalized spacial score (nSPS) is 25.6. The van der Waals surface area contributed by atoms with Crippen LogP contribution in [0.1, 0.15) is 24.8 Å². The molecule has 1 aromatic rings. The van der Waals surface area contributed by atoms with Crippen molar-refractivity contribution in [3.05, 3.63) is 22.7 Å². The molecule has 1 spiro atoms. The van der Waals surface area contributed by atoms with Crippen LogP contribution in [0.4, 0.5) is 0 Å². The Labute approximate surface area is 137 Å². The quantitative estimate of drug-likeness (QED) is 0.923. The molecule has 0 saturated carbocycles. The van der Waals surface area contributed by atoms with E-state index in [4.69, 9.17) is 21.1 Å². The maximum atomic E-state index is 6.22. The first kappa shape index (κ1) is 15.9. The van der Waals surface area contributed by atoms with E-state index in [1.165, 1.54) is 25.8 Å². The lowest BCUT2D eigenvalue weighted by atomic mass is 9.80. The highest BCUT2D eigenvalue weighted by molar-refractivity contribution is 6.30. The summed E-state index contributed by atoms with van der Waals surface area (Å²) in [6.45, 7) is 5.47. The fraction of sp³-hybridized carbons (Fsp3) is 0.647. The molecule has 2 saturated heterocycles. The Balaban J connectivity index is 1.75. The second-order valence-corrected chi connectivity index (χ2v) is 6.98. The van der Waals surface area contributed by atoms with E-state index < -0.39 is 0 Å². The van der Waals surface area contributed by atoms with Gasteiger partial charge in [-0.1, -0.05) is 11.6 Å². The molecule has 5 heteroatoms. The minimum absolute atomic E-state index is 0.466. The van der Waals surface area contributed by atoms with Crippen LogP contribution in [0, 0.1) is 5.41 Å². The van der Waals surface area contributed by atoms with Gasteiger partial charge in [-0.15, -0.1) is 0 Å². The highest BCUT2D eigenvalue weighted by Gasteiger charge is 2.39. The van der Waals surface area contributed by atoms with Crippen molar-refractivity contribution >= 4 is 11.6 Å². The first-order valence-electron chi connectivity index (χ1n) is 7.99. The Bertz CT molecular complexity index is 530. The minimum atomic E-state index is 0.466. The first-order chi connectivity index (χ1) is 10.7. The van der Waals surface area contributed by atoms with Crippen molar-refractivity contribution in [1.82, 2.24) is 10.2 Å². The first-order valence-corrected chi connectivity index (χ1v) is 8.37. The lowest BCUT2D eigenvalue weighted by molar-refractivity contribution is 0.198. The lowest BCUT2D eigenvalue weighted by Gasteiger charge is -2.34. The van der Waals surface area contributed by atoms with E-state index in [1.807, 2.05) is 6.07 Å². The van der Waals surface area contributed by atoms with E-state index in [0.29, 0.717) is 16.2 Å². The number of methoxy groups -OCH3 is 2. The van der Waals surface area contributed by atoms with Crippen molar-refractivity contribution in [1.29, 1.82) is 0 Å². The fourth-order valence-corrected chi connectivity index (χ4v) is 4.14. The third kappa shape index (κ3) is 3.19. The summed E-state index contributed by atoms with van der Waals surface area (Å²) in [6, 6.07) is 3.80. The van der Waals surface area contributed by atoms with E-state index >= 15 is 0 Å². The molecule has 0 aromatic heterocycles. The average molecular weight is 325 g/mol. The predicted octanol–water partition coefficient (Wildman–Crippen LogP) is 2.93. The molecule has 2 aliphatic rings. The SMILES string of the molecule is COc1cc(Cl)cc(CN2CCC3(CCCNC3)C2)c1OC. The average Bonchev–Trinajstić information content (AvgIpc) is 2.89. The number of hydrogen-bond donors (Lipinski definition) is 1. The van der Waals surface area contributed by atoms with Crippen molar-refractivity contribution in [3.63, 3.8) is 0 Å². The monoisotopic (exact) mass is 324 g/mol. The number of piperidine rings is 1. The summed E-state index contributed by atoms with van der Waals surface area (Å²) in [5.41, 5.74) is 1.57. The number of hydrogen-bond acceptors (Lipinski definition) is 4. The third-order valence-electron chi connectivity index (χ3n) is 4.99. The van der Waals surface area contributed by atoms with Crippen molar-refractivity contribution in [2.75, 3.05) is 40.4 Å². The van der Waals surface area contributed by atoms with Crippen LogP contribution in [0.2, 0.25) is 5.02 Å². The molecule has 0 aliphatic carbocycles. The number of benzene rings is 1. The number of nitrogens with one attached hydrogen (secondary N) is 1. The topological polar surface area (TPSA) is 33.7 Å². The zero-order chi connectivity index (χ0) is 15.6. The smallest absolute Gasteiger partial charge is 0.165 e. The van der Waals surface area contributed by atoms with Crippen LogP contribution >= 0.6 is 11.6 Å². The van der Waals surface area contributed by atoms with Gasteiger partial charge >= 0.3 is 0 Å². The molecule has 122 valence electrons. The molecule has 2 aliphatic heterocycles. The fourth-order valence-electron chi connectivity index (χ4n) is 3.91. The van der Waals surface area contributed by atoms with Gasteiger partial charge in [0.05, 0.1) is 14.2 Å². The van der Waals surface area contributed by atoms with E-state index in [9.17, 15) is 0 Å². The number of likely N-dealkylation sites (tertiary alicyclic amines) is 1. The summed E-state index contributed by atoms with van der Waals surface area (Å²) in [7, 11) is 3.34. The van der Waals surface area contributed by atoms with Crippen molar-refractivity contribution in [2.45, 2.75) is 25.8 Å². The predicted molar refractivity (Wildman–Crippen MR) is 89.0 cm³/mol. The molecule has 0 amide bonds. The second-order valence-electron chi connectivity index (χ2n) is 6.54. The van der Waals surface area contributed by atoms with Gasteiger partial charge in [-0.25, -0.2) is 0 Å². The Morgan fingerprint density at radius 1 is 1.27 bits per heavy atom. The van der Waals surface area contributed by atoms with Crippen LogP contribution < -0.4 is 14.8 Å². The summed E-state index contributed by atoms with van der Waals surface area (Å²) >= 11 is 6.22. The number of rotatable bonds is 4. The molecular formula is C17H25ClN2O2. The van der Waals surface area contributed by atoms with Gasteiger partial charge in [-0.05, 0) is 43.8 Å². The lowest BCUT2D eigenvalue weighted by Crippen LogP contribution is -2.41. The van der Waals surface area contributed by atoms with Gasteiger partial charge in [0.2, 0.25) is 0 Å². The zero-order valence-electron chi connectivity index (χ0n) is 13.5. The highest BCUT2D eigenvalue weighted by atomic mass is 35.5. The molecule has 2 fully saturated rings. The maximum Gasteiger partial charge on any atom is 0.165 e. The molecular weight excluding hydrogens is 300 g/mol. The van der Waals surface area contributed by atoms with Gasteiger partial charge in [0.1, 0.15) is 0 Å². The summed E-state index contributed by atoms with van der Waals surface area (Å²) in [5, 5.41) is 4.25. The van der Waals surface area contributed by atoms with E-state index in [-0.39, 0.29) is 0 Å². The zero-order valence-corrected chi connectivity index (χ0v) is 14.2. The molecule has 1 aromatic carbocycles. The van der Waals surface area contributed by atoms with Gasteiger partial charge in [0, 0.05) is 36.3 Å². The van der Waals surface area contributed by atoms with E-state index in [2.05, 4.69) is 10.2 Å². The Kier molecular flexibility index (Phi) is 4.81. The second kappa shape index (κ2) is 6.65. The Morgan fingerprint density at radius 3 is 2.82 bits per heavy atom. The van der Waals surface area contributed by atoms with Crippen LogP contribution in [0.5, 0.6) is 11.5 Å². The van der Waals surface area contributed by atoms with Gasteiger partial charge in [0.15, 0.2) is 11.5 Å². The third-order valence-corrected chi connectivity index (χ3v) is 5.21. The number of ether oxygens (including phenoxy) is 2. The van der Waals surface area contributed by atoms with Crippen LogP contribution in [-0.4, -0.2) is 45.3 Å². The van der Waals surface area contributed by atoms with Gasteiger partial charge in [-0.3, -0.25) is 4.90 Å². The molecule has 22 heavy (non-hydrogen) atoms. The van der Waals surface area contributed by atoms with E-state index in [1.54, 1.807) is 20.3 Å². The molecule has 1 atom stereocenters. The molecule has 3 rings (SSSR count). The van der Waals surface area contributed by atoms with Crippen LogP contribution in [0.15, 0.2) is 12.1 Å². The summed E-state index contributed by atoms with van der Waals surface area (Å²) < 4.78 is 10.9. The number of nitrogens with zero attached hydrogens (tertiary/aromatic N) is 1. The number of halogens is 1. The van der Waals surface area contributed by atoms with Crippen molar-refractivity contribution in [3.8, 4) is 11.5 Å². The van der Waals surface area contributed by atoms with Crippen LogP contribution in [0.25, 0.3) is 0 Å². The van der Waals surface area contributed by atoms with Gasteiger partial charge in [-0.2, -0.15) is 0 Å². The van der Waals surface area contributed by atoms with Crippen molar-refractivity contribution < 1.29 is 9.47 Å². The molecule has 2 heterocycles. The van der Waals surface area contributed by atoms with Crippen molar-refractivity contribution in [2.24, 2.45) is 5.41 Å². The Hall–Kier alpha value is -0.970. The minimum Gasteiger partial charge on any atom is -0.493 e. The molecule has 0 bridgehead atoms. The summed E-state index contributed by atoms with van der Waals surface area (Å²) in [6.07, 6.45) is 3.91. The van der Waals surface area contributed by atoms with E-state index in [0.717, 1.165) is 37.5 Å². The highest BCUT2D eigenvalue weighted by Crippen LogP contribution is 2.39. The van der Waals surface area contributed by atoms with Gasteiger partial charge < -0.3 is 14.8 Å². The van der Waals surface area contributed by atoms with Crippen LogP contribution in [0.3, 0.4) is 0 Å².